The molecule has 0 bridgehead atoms. The Hall–Kier alpha value is -1.57. The summed E-state index contributed by atoms with van der Waals surface area (Å²) >= 11 is 0. The minimum atomic E-state index is -0.777. The molecule has 0 saturated carbocycles. The molecule has 0 radical (unpaired) electrons. The Morgan fingerprint density at radius 3 is 2.39 bits per heavy atom. The molecule has 5 nitrogen and oxygen atoms in total. The second-order valence-corrected chi connectivity index (χ2v) is 4.31. The van der Waals surface area contributed by atoms with Crippen molar-refractivity contribution in [3.05, 3.63) is 0 Å². The van der Waals surface area contributed by atoms with E-state index in [0.29, 0.717) is 25.7 Å². The van der Waals surface area contributed by atoms with Crippen LogP contribution in [-0.2, 0) is 14.3 Å². The van der Waals surface area contributed by atoms with Crippen molar-refractivity contribution >= 4 is 11.9 Å². The Balaban J connectivity index is 3.42. The number of nitriles is 1. The number of hydrogen-bond donors (Lipinski definition) is 1. The van der Waals surface area contributed by atoms with Gasteiger partial charge in [-0.1, -0.05) is 12.8 Å². The van der Waals surface area contributed by atoms with E-state index in [1.54, 1.807) is 6.92 Å². The SMILES string of the molecule is CC(CCC#N)OC(=O)CCCCCCC(=O)O. The summed E-state index contributed by atoms with van der Waals surface area (Å²) in [6, 6.07) is 2.01. The predicted octanol–water partition coefficient (Wildman–Crippen LogP) is 2.65. The number of hydrogen-bond acceptors (Lipinski definition) is 4. The zero-order valence-electron chi connectivity index (χ0n) is 10.9. The quantitative estimate of drug-likeness (QED) is 0.479. The summed E-state index contributed by atoms with van der Waals surface area (Å²) in [7, 11) is 0. The van der Waals surface area contributed by atoms with Crippen LogP contribution >= 0.6 is 0 Å². The molecule has 0 aliphatic carbocycles. The zero-order chi connectivity index (χ0) is 13.8. The van der Waals surface area contributed by atoms with Gasteiger partial charge in [-0.25, -0.2) is 0 Å². The second kappa shape index (κ2) is 10.6. The number of carboxylic acids is 1. The molecule has 0 spiro atoms. The van der Waals surface area contributed by atoms with Crippen molar-refractivity contribution in [3.63, 3.8) is 0 Å². The topological polar surface area (TPSA) is 87.4 Å². The van der Waals surface area contributed by atoms with Crippen molar-refractivity contribution in [1.82, 2.24) is 0 Å². The molecule has 0 saturated heterocycles. The number of carbonyl (C=O) groups is 2. The highest BCUT2D eigenvalue weighted by Gasteiger charge is 2.08. The number of ether oxygens (including phenoxy) is 1. The molecule has 0 aromatic rings. The van der Waals surface area contributed by atoms with E-state index in [4.69, 9.17) is 15.1 Å². The summed E-state index contributed by atoms with van der Waals surface area (Å²) in [6.45, 7) is 1.78. The van der Waals surface area contributed by atoms with E-state index in [9.17, 15) is 9.59 Å². The molecule has 1 N–H and O–H groups in total. The first-order valence-corrected chi connectivity index (χ1v) is 6.34. The third kappa shape index (κ3) is 10.9. The van der Waals surface area contributed by atoms with Crippen LogP contribution in [0.5, 0.6) is 0 Å². The summed E-state index contributed by atoms with van der Waals surface area (Å²) in [5.74, 6) is -1.01. The van der Waals surface area contributed by atoms with Crippen LogP contribution in [0.25, 0.3) is 0 Å². The molecule has 1 unspecified atom stereocenters. The van der Waals surface area contributed by atoms with Crippen molar-refractivity contribution in [2.24, 2.45) is 0 Å². The molecule has 0 heterocycles. The summed E-state index contributed by atoms with van der Waals surface area (Å²) in [5, 5.41) is 16.8. The first kappa shape index (κ1) is 16.4. The van der Waals surface area contributed by atoms with Crippen LogP contribution in [-0.4, -0.2) is 23.1 Å². The molecule has 0 aliphatic heterocycles. The Kier molecular flexibility index (Phi) is 9.65. The van der Waals surface area contributed by atoms with Gasteiger partial charge in [0.25, 0.3) is 0 Å². The van der Waals surface area contributed by atoms with Crippen molar-refractivity contribution in [2.75, 3.05) is 0 Å². The average molecular weight is 255 g/mol. The molecular formula is C13H21NO4. The molecule has 0 rings (SSSR count). The Bertz CT molecular complexity index is 296. The molecular weight excluding hydrogens is 234 g/mol. The van der Waals surface area contributed by atoms with Crippen molar-refractivity contribution in [2.45, 2.75) is 64.4 Å². The van der Waals surface area contributed by atoms with Gasteiger partial charge in [-0.05, 0) is 26.2 Å². The zero-order valence-corrected chi connectivity index (χ0v) is 10.9. The fraction of sp³-hybridized carbons (Fsp3) is 0.769. The number of nitrogens with zero attached hydrogens (tertiary/aromatic N) is 1. The van der Waals surface area contributed by atoms with Gasteiger partial charge in [-0.3, -0.25) is 9.59 Å². The third-order valence-corrected chi connectivity index (χ3v) is 2.52. The average Bonchev–Trinajstić information content (AvgIpc) is 2.30. The minimum absolute atomic E-state index is 0.190. The lowest BCUT2D eigenvalue weighted by molar-refractivity contribution is -0.148. The van der Waals surface area contributed by atoms with Crippen LogP contribution in [0.4, 0.5) is 0 Å². The van der Waals surface area contributed by atoms with Gasteiger partial charge in [0.05, 0.1) is 12.2 Å². The molecule has 1 atom stereocenters. The van der Waals surface area contributed by atoms with E-state index >= 15 is 0 Å². The molecule has 5 heteroatoms. The number of rotatable bonds is 10. The largest absolute Gasteiger partial charge is 0.481 e. The van der Waals surface area contributed by atoms with Crippen LogP contribution in [0.3, 0.4) is 0 Å². The van der Waals surface area contributed by atoms with Gasteiger partial charge in [0, 0.05) is 19.3 Å². The number of esters is 1. The Morgan fingerprint density at radius 2 is 1.83 bits per heavy atom. The van der Waals surface area contributed by atoms with Crippen LogP contribution in [0.15, 0.2) is 0 Å². The van der Waals surface area contributed by atoms with E-state index in [1.807, 2.05) is 6.07 Å². The molecule has 0 aromatic carbocycles. The molecule has 0 aliphatic rings. The molecule has 0 fully saturated rings. The standard InChI is InChI=1S/C13H21NO4/c1-11(7-6-10-14)18-13(17)9-5-3-2-4-8-12(15)16/h11H,2-9H2,1H3,(H,15,16). The second-order valence-electron chi connectivity index (χ2n) is 4.31. The Morgan fingerprint density at radius 1 is 1.22 bits per heavy atom. The highest BCUT2D eigenvalue weighted by molar-refractivity contribution is 5.69. The van der Waals surface area contributed by atoms with Gasteiger partial charge in [0.2, 0.25) is 0 Å². The maximum Gasteiger partial charge on any atom is 0.306 e. The Labute approximate surface area is 108 Å². The lowest BCUT2D eigenvalue weighted by Crippen LogP contribution is -2.14. The van der Waals surface area contributed by atoms with Crippen molar-refractivity contribution < 1.29 is 19.4 Å². The van der Waals surface area contributed by atoms with E-state index in [0.717, 1.165) is 19.3 Å². The van der Waals surface area contributed by atoms with E-state index in [-0.39, 0.29) is 18.5 Å². The molecule has 102 valence electrons. The normalized spacial score (nSPS) is 11.6. The monoisotopic (exact) mass is 255 g/mol. The van der Waals surface area contributed by atoms with Gasteiger partial charge >= 0.3 is 11.9 Å². The molecule has 0 amide bonds. The predicted molar refractivity (Wildman–Crippen MR) is 65.7 cm³/mol. The fourth-order valence-corrected chi connectivity index (χ4v) is 1.51. The number of carbonyl (C=O) groups excluding carboxylic acids is 1. The lowest BCUT2D eigenvalue weighted by Gasteiger charge is -2.11. The highest BCUT2D eigenvalue weighted by Crippen LogP contribution is 2.08. The lowest BCUT2D eigenvalue weighted by atomic mass is 10.1. The van der Waals surface area contributed by atoms with Gasteiger partial charge in [-0.15, -0.1) is 0 Å². The molecule has 0 aromatic heterocycles. The number of unbranched alkanes of at least 4 members (excludes halogenated alkanes) is 3. The highest BCUT2D eigenvalue weighted by atomic mass is 16.5. The third-order valence-electron chi connectivity index (χ3n) is 2.52. The van der Waals surface area contributed by atoms with Crippen LogP contribution < -0.4 is 0 Å². The van der Waals surface area contributed by atoms with Crippen LogP contribution in [0, 0.1) is 11.3 Å². The first-order chi connectivity index (χ1) is 8.56. The van der Waals surface area contributed by atoms with E-state index in [1.165, 1.54) is 0 Å². The summed E-state index contributed by atoms with van der Waals surface area (Å²) in [6.07, 6.45) is 4.36. The van der Waals surface area contributed by atoms with Gasteiger partial charge < -0.3 is 9.84 Å². The van der Waals surface area contributed by atoms with Crippen molar-refractivity contribution in [1.29, 1.82) is 5.26 Å². The summed E-state index contributed by atoms with van der Waals surface area (Å²) in [5.41, 5.74) is 0. The minimum Gasteiger partial charge on any atom is -0.481 e. The van der Waals surface area contributed by atoms with E-state index < -0.39 is 5.97 Å². The van der Waals surface area contributed by atoms with Gasteiger partial charge in [0.1, 0.15) is 0 Å². The van der Waals surface area contributed by atoms with Crippen LogP contribution in [0.1, 0.15) is 58.3 Å². The first-order valence-electron chi connectivity index (χ1n) is 6.34. The smallest absolute Gasteiger partial charge is 0.306 e. The summed E-state index contributed by atoms with van der Waals surface area (Å²) in [4.78, 5) is 21.6. The van der Waals surface area contributed by atoms with Crippen molar-refractivity contribution in [3.8, 4) is 6.07 Å². The van der Waals surface area contributed by atoms with Gasteiger partial charge in [0.15, 0.2) is 0 Å². The maximum atomic E-state index is 11.4. The molecule has 18 heavy (non-hydrogen) atoms. The summed E-state index contributed by atoms with van der Waals surface area (Å²) < 4.78 is 5.11. The maximum absolute atomic E-state index is 11.4. The number of aliphatic carboxylic acids is 1. The van der Waals surface area contributed by atoms with E-state index in [2.05, 4.69) is 0 Å². The van der Waals surface area contributed by atoms with Gasteiger partial charge in [-0.2, -0.15) is 5.26 Å². The number of carboxylic acid groups (broad SMARTS) is 1. The fourth-order valence-electron chi connectivity index (χ4n) is 1.51. The van der Waals surface area contributed by atoms with Crippen LogP contribution in [0.2, 0.25) is 0 Å².